The van der Waals surface area contributed by atoms with Gasteiger partial charge in [-0.3, -0.25) is 0 Å². The molecular formula is C8H7ISSe. The average Bonchev–Trinajstić information content (AvgIpc) is 2.55. The van der Waals surface area contributed by atoms with E-state index in [-0.39, 0.29) is 0 Å². The third-order valence-corrected chi connectivity index (χ3v) is 7.08. The van der Waals surface area contributed by atoms with Gasteiger partial charge in [-0.05, 0) is 0 Å². The van der Waals surface area contributed by atoms with Crippen molar-refractivity contribution in [2.75, 3.05) is 0 Å². The molecule has 0 spiro atoms. The van der Waals surface area contributed by atoms with Gasteiger partial charge in [0.05, 0.1) is 0 Å². The maximum atomic E-state index is 2.50. The fraction of sp³-hybridized carbons (Fsp3) is 0.250. The number of halogens is 1. The minimum atomic E-state index is 0.765. The summed E-state index contributed by atoms with van der Waals surface area (Å²) in [5, 5.41) is 3.58. The van der Waals surface area contributed by atoms with Crippen molar-refractivity contribution in [3.8, 4) is 0 Å². The number of allylic oxidation sites excluding steroid dienone is 1. The first-order valence-electron chi connectivity index (χ1n) is 3.43. The van der Waals surface area contributed by atoms with Gasteiger partial charge < -0.3 is 0 Å². The molecule has 0 N–H and O–H groups in total. The Morgan fingerprint density at radius 3 is 3.00 bits per heavy atom. The number of rotatable bonds is 1. The van der Waals surface area contributed by atoms with E-state index in [1.165, 1.54) is 16.6 Å². The van der Waals surface area contributed by atoms with Crippen molar-refractivity contribution in [2.24, 2.45) is 0 Å². The molecular weight excluding hydrogens is 334 g/mol. The fourth-order valence-electron chi connectivity index (χ4n) is 1.05. The van der Waals surface area contributed by atoms with Crippen LogP contribution in [0.4, 0.5) is 0 Å². The van der Waals surface area contributed by atoms with Crippen LogP contribution in [-0.4, -0.2) is 15.0 Å². The molecule has 0 radical (unpaired) electrons. The molecule has 2 heterocycles. The molecule has 1 aliphatic heterocycles. The molecule has 0 atom stereocenters. The fourth-order valence-corrected chi connectivity index (χ4v) is 6.78. The normalized spacial score (nSPS) is 17.9. The SMILES string of the molecule is IC1=C(c2cccs2)[Se]CC1. The quantitative estimate of drug-likeness (QED) is 0.543. The summed E-state index contributed by atoms with van der Waals surface area (Å²) in [6, 6.07) is 4.39. The molecule has 0 bridgehead atoms. The van der Waals surface area contributed by atoms with Crippen molar-refractivity contribution in [1.82, 2.24) is 0 Å². The third-order valence-electron chi connectivity index (χ3n) is 1.56. The summed E-state index contributed by atoms with van der Waals surface area (Å²) in [6.45, 7) is 0. The van der Waals surface area contributed by atoms with Gasteiger partial charge >= 0.3 is 91.1 Å². The van der Waals surface area contributed by atoms with Gasteiger partial charge in [0.1, 0.15) is 0 Å². The standard InChI is InChI=1S/C8H7ISSe/c9-6-3-5-11-8(6)7-2-1-4-10-7/h1-2,4H,3,5H2. The van der Waals surface area contributed by atoms with E-state index in [4.69, 9.17) is 0 Å². The first-order valence-corrected chi connectivity index (χ1v) is 7.46. The van der Waals surface area contributed by atoms with Gasteiger partial charge in [0.15, 0.2) is 0 Å². The van der Waals surface area contributed by atoms with Gasteiger partial charge in [-0.15, -0.1) is 0 Å². The Morgan fingerprint density at radius 1 is 1.55 bits per heavy atom. The van der Waals surface area contributed by atoms with Crippen LogP contribution in [0.15, 0.2) is 21.1 Å². The number of hydrogen-bond acceptors (Lipinski definition) is 1. The molecule has 3 heteroatoms. The van der Waals surface area contributed by atoms with Crippen molar-refractivity contribution in [3.05, 3.63) is 26.0 Å². The first-order chi connectivity index (χ1) is 5.38. The van der Waals surface area contributed by atoms with Crippen molar-refractivity contribution in [3.63, 3.8) is 0 Å². The molecule has 1 aromatic heterocycles. The predicted octanol–water partition coefficient (Wildman–Crippen LogP) is 3.38. The molecule has 0 aromatic carbocycles. The van der Waals surface area contributed by atoms with Crippen LogP contribution < -0.4 is 0 Å². The molecule has 11 heavy (non-hydrogen) atoms. The third kappa shape index (κ3) is 1.72. The Morgan fingerprint density at radius 2 is 2.45 bits per heavy atom. The number of thiophene rings is 1. The summed E-state index contributed by atoms with van der Waals surface area (Å²) in [6.07, 6.45) is 1.33. The topological polar surface area (TPSA) is 0 Å². The Kier molecular flexibility index (Phi) is 2.72. The molecule has 2 rings (SSSR count). The van der Waals surface area contributed by atoms with E-state index in [1.807, 2.05) is 11.3 Å². The van der Waals surface area contributed by atoms with Crippen LogP contribution in [0.3, 0.4) is 0 Å². The average molecular weight is 341 g/mol. The second-order valence-electron chi connectivity index (χ2n) is 2.31. The maximum absolute atomic E-state index is 2.50. The van der Waals surface area contributed by atoms with E-state index in [1.54, 1.807) is 8.05 Å². The molecule has 0 aliphatic carbocycles. The van der Waals surface area contributed by atoms with E-state index >= 15 is 0 Å². The van der Waals surface area contributed by atoms with Crippen LogP contribution in [-0.2, 0) is 0 Å². The van der Waals surface area contributed by atoms with Crippen LogP contribution in [0.2, 0.25) is 5.32 Å². The van der Waals surface area contributed by atoms with Gasteiger partial charge in [0.2, 0.25) is 0 Å². The summed E-state index contributed by atoms with van der Waals surface area (Å²) in [5.41, 5.74) is 0. The molecule has 1 aromatic rings. The van der Waals surface area contributed by atoms with E-state index in [0.29, 0.717) is 0 Å². The summed E-state index contributed by atoms with van der Waals surface area (Å²) in [5.74, 6) is 0. The van der Waals surface area contributed by atoms with Gasteiger partial charge in [0, 0.05) is 0 Å². The molecule has 0 saturated carbocycles. The minimum absolute atomic E-state index is 0.765. The Labute approximate surface area is 90.4 Å². The van der Waals surface area contributed by atoms with E-state index in [9.17, 15) is 0 Å². The van der Waals surface area contributed by atoms with E-state index in [2.05, 4.69) is 40.1 Å². The van der Waals surface area contributed by atoms with Crippen molar-refractivity contribution in [2.45, 2.75) is 11.7 Å². The van der Waals surface area contributed by atoms with Crippen molar-refractivity contribution in [1.29, 1.82) is 0 Å². The summed E-state index contributed by atoms with van der Waals surface area (Å²) in [7, 11) is 0. The molecule has 0 unspecified atom stereocenters. The van der Waals surface area contributed by atoms with Crippen LogP contribution in [0.1, 0.15) is 11.3 Å². The zero-order chi connectivity index (χ0) is 7.68. The van der Waals surface area contributed by atoms with Crippen molar-refractivity contribution < 1.29 is 0 Å². The Bertz CT molecular complexity index is 276. The van der Waals surface area contributed by atoms with E-state index < -0.39 is 0 Å². The van der Waals surface area contributed by atoms with Gasteiger partial charge in [-0.25, -0.2) is 0 Å². The summed E-state index contributed by atoms with van der Waals surface area (Å²) >= 11 is 5.14. The van der Waals surface area contributed by atoms with Gasteiger partial charge in [0.25, 0.3) is 0 Å². The summed E-state index contributed by atoms with van der Waals surface area (Å²) in [4.78, 5) is 1.51. The molecule has 0 saturated heterocycles. The van der Waals surface area contributed by atoms with Gasteiger partial charge in [-0.2, -0.15) is 0 Å². The zero-order valence-corrected chi connectivity index (χ0v) is 10.5. The second-order valence-corrected chi connectivity index (χ2v) is 6.88. The number of hydrogen-bond donors (Lipinski definition) is 0. The first kappa shape index (κ1) is 8.30. The van der Waals surface area contributed by atoms with Crippen molar-refractivity contribution >= 4 is 53.4 Å². The second kappa shape index (κ2) is 3.60. The van der Waals surface area contributed by atoms with Crippen LogP contribution >= 0.6 is 33.9 Å². The monoisotopic (exact) mass is 342 g/mol. The molecule has 0 fully saturated rings. The van der Waals surface area contributed by atoms with E-state index in [0.717, 1.165) is 15.0 Å². The summed E-state index contributed by atoms with van der Waals surface area (Å²) < 4.78 is 3.26. The molecule has 0 amide bonds. The van der Waals surface area contributed by atoms with Gasteiger partial charge in [-0.1, -0.05) is 0 Å². The predicted molar refractivity (Wildman–Crippen MR) is 60.4 cm³/mol. The molecule has 58 valence electrons. The van der Waals surface area contributed by atoms with Crippen LogP contribution in [0.25, 0.3) is 4.47 Å². The Hall–Kier alpha value is 0.689. The van der Waals surface area contributed by atoms with Crippen LogP contribution in [0, 0.1) is 0 Å². The molecule has 0 nitrogen and oxygen atoms in total. The Balaban J connectivity index is 2.36. The van der Waals surface area contributed by atoms with Crippen LogP contribution in [0.5, 0.6) is 0 Å². The zero-order valence-electron chi connectivity index (χ0n) is 5.84. The molecule has 1 aliphatic rings.